The Labute approximate surface area is 142 Å². The quantitative estimate of drug-likeness (QED) is 0.488. The molecular formula is C15H13Cl2N3O3. The van der Waals surface area contributed by atoms with Crippen LogP contribution in [0.15, 0.2) is 42.6 Å². The van der Waals surface area contributed by atoms with E-state index in [9.17, 15) is 14.8 Å². The van der Waals surface area contributed by atoms with Crippen LogP contribution in [0.4, 0.5) is 0 Å². The highest BCUT2D eigenvalue weighted by molar-refractivity contribution is 6.42. The number of carbonyl (C=O) groups is 2. The molecule has 120 valence electrons. The van der Waals surface area contributed by atoms with Gasteiger partial charge in [-0.3, -0.25) is 9.59 Å². The predicted octanol–water partition coefficient (Wildman–Crippen LogP) is 1.79. The number of halogens is 2. The number of nitrogens with zero attached hydrogens (tertiary/aromatic N) is 1. The van der Waals surface area contributed by atoms with E-state index in [0.717, 1.165) is 0 Å². The maximum absolute atomic E-state index is 11.9. The zero-order valence-corrected chi connectivity index (χ0v) is 13.4. The van der Waals surface area contributed by atoms with Crippen LogP contribution >= 0.6 is 23.2 Å². The molecule has 1 heterocycles. The number of benzene rings is 1. The fourth-order valence-corrected chi connectivity index (χ4v) is 2.08. The summed E-state index contributed by atoms with van der Waals surface area (Å²) in [5.74, 6) is -0.846. The summed E-state index contributed by atoms with van der Waals surface area (Å²) in [4.78, 5) is 23.7. The van der Waals surface area contributed by atoms with Crippen molar-refractivity contribution in [3.8, 4) is 0 Å². The van der Waals surface area contributed by atoms with Gasteiger partial charge in [-0.25, -0.2) is 0 Å². The van der Waals surface area contributed by atoms with Gasteiger partial charge in [-0.2, -0.15) is 4.73 Å². The van der Waals surface area contributed by atoms with Gasteiger partial charge in [0.25, 0.3) is 11.6 Å². The van der Waals surface area contributed by atoms with Gasteiger partial charge in [-0.05, 0) is 24.3 Å². The smallest absolute Gasteiger partial charge is 0.317 e. The third-order valence-corrected chi connectivity index (χ3v) is 3.67. The van der Waals surface area contributed by atoms with E-state index in [1.54, 1.807) is 12.1 Å². The minimum Gasteiger partial charge on any atom is -0.618 e. The molecule has 0 aliphatic rings. The molecule has 0 spiro atoms. The first-order valence-electron chi connectivity index (χ1n) is 6.68. The number of rotatable bonds is 5. The van der Waals surface area contributed by atoms with E-state index < -0.39 is 5.91 Å². The summed E-state index contributed by atoms with van der Waals surface area (Å²) in [6, 6.07) is 9.07. The van der Waals surface area contributed by atoms with Crippen molar-refractivity contribution in [2.24, 2.45) is 0 Å². The van der Waals surface area contributed by atoms with Gasteiger partial charge in [0.15, 0.2) is 6.20 Å². The highest BCUT2D eigenvalue weighted by atomic mass is 35.5. The number of hydrogen-bond donors (Lipinski definition) is 2. The second kappa shape index (κ2) is 7.80. The summed E-state index contributed by atoms with van der Waals surface area (Å²) >= 11 is 11.6. The molecule has 0 bridgehead atoms. The molecular weight excluding hydrogens is 341 g/mol. The summed E-state index contributed by atoms with van der Waals surface area (Å²) in [7, 11) is 0. The van der Waals surface area contributed by atoms with E-state index in [1.165, 1.54) is 30.5 Å². The summed E-state index contributed by atoms with van der Waals surface area (Å²) < 4.78 is 0.476. The lowest BCUT2D eigenvalue weighted by Gasteiger charge is -2.08. The molecule has 2 aromatic rings. The molecule has 0 unspecified atom stereocenters. The number of pyridine rings is 1. The van der Waals surface area contributed by atoms with Gasteiger partial charge in [-0.15, -0.1) is 0 Å². The zero-order valence-electron chi connectivity index (χ0n) is 11.9. The lowest BCUT2D eigenvalue weighted by atomic mass is 10.2. The van der Waals surface area contributed by atoms with Gasteiger partial charge in [-0.1, -0.05) is 23.2 Å². The Kier molecular flexibility index (Phi) is 5.78. The molecule has 0 aliphatic heterocycles. The van der Waals surface area contributed by atoms with Gasteiger partial charge < -0.3 is 15.8 Å². The van der Waals surface area contributed by atoms with Crippen molar-refractivity contribution in [2.45, 2.75) is 0 Å². The molecule has 0 saturated heterocycles. The first-order valence-corrected chi connectivity index (χ1v) is 7.44. The minimum atomic E-state index is -0.510. The van der Waals surface area contributed by atoms with E-state index in [4.69, 9.17) is 23.2 Å². The molecule has 2 amide bonds. The van der Waals surface area contributed by atoms with Gasteiger partial charge >= 0.3 is 5.91 Å². The third-order valence-electron chi connectivity index (χ3n) is 2.93. The Morgan fingerprint density at radius 1 is 1.00 bits per heavy atom. The van der Waals surface area contributed by atoms with Crippen molar-refractivity contribution in [3.63, 3.8) is 0 Å². The topological polar surface area (TPSA) is 85.1 Å². The second-order valence-electron chi connectivity index (χ2n) is 4.55. The van der Waals surface area contributed by atoms with E-state index >= 15 is 0 Å². The molecule has 1 aromatic carbocycles. The summed E-state index contributed by atoms with van der Waals surface area (Å²) in [5, 5.41) is 17.2. The van der Waals surface area contributed by atoms with Crippen LogP contribution in [-0.2, 0) is 0 Å². The highest BCUT2D eigenvalue weighted by Crippen LogP contribution is 2.22. The lowest BCUT2D eigenvalue weighted by molar-refractivity contribution is -0.607. The molecule has 8 heteroatoms. The molecule has 0 radical (unpaired) electrons. The second-order valence-corrected chi connectivity index (χ2v) is 5.37. The van der Waals surface area contributed by atoms with Gasteiger partial charge in [0, 0.05) is 30.8 Å². The van der Waals surface area contributed by atoms with E-state index in [2.05, 4.69) is 10.6 Å². The monoisotopic (exact) mass is 353 g/mol. The van der Waals surface area contributed by atoms with Crippen molar-refractivity contribution < 1.29 is 14.3 Å². The Morgan fingerprint density at radius 2 is 1.70 bits per heavy atom. The zero-order chi connectivity index (χ0) is 16.8. The number of aromatic nitrogens is 1. The van der Waals surface area contributed by atoms with Gasteiger partial charge in [0.05, 0.1) is 10.0 Å². The molecule has 6 nitrogen and oxygen atoms in total. The van der Waals surface area contributed by atoms with Crippen molar-refractivity contribution in [2.75, 3.05) is 13.1 Å². The molecule has 0 atom stereocenters. The number of hydrogen-bond acceptors (Lipinski definition) is 3. The minimum absolute atomic E-state index is 0.0108. The maximum Gasteiger partial charge on any atom is 0.317 e. The van der Waals surface area contributed by atoms with E-state index in [0.29, 0.717) is 15.3 Å². The molecule has 0 fully saturated rings. The average Bonchev–Trinajstić information content (AvgIpc) is 2.54. The van der Waals surface area contributed by atoms with Gasteiger partial charge in [0.2, 0.25) is 0 Å². The first-order chi connectivity index (χ1) is 11.0. The molecule has 0 saturated carbocycles. The van der Waals surface area contributed by atoms with Crippen molar-refractivity contribution in [3.05, 3.63) is 69.1 Å². The molecule has 23 heavy (non-hydrogen) atoms. The fourth-order valence-electron chi connectivity index (χ4n) is 1.79. The van der Waals surface area contributed by atoms with Crippen molar-refractivity contribution >= 4 is 35.0 Å². The van der Waals surface area contributed by atoms with Crippen LogP contribution in [0, 0.1) is 5.21 Å². The number of carbonyl (C=O) groups excluding carboxylic acids is 2. The predicted molar refractivity (Wildman–Crippen MR) is 86.5 cm³/mol. The van der Waals surface area contributed by atoms with Gasteiger partial charge in [0.1, 0.15) is 0 Å². The van der Waals surface area contributed by atoms with E-state index in [1.807, 2.05) is 0 Å². The maximum atomic E-state index is 11.9. The number of amides is 2. The highest BCUT2D eigenvalue weighted by Gasteiger charge is 2.14. The molecule has 0 aliphatic carbocycles. The van der Waals surface area contributed by atoms with E-state index in [-0.39, 0.29) is 29.7 Å². The average molecular weight is 354 g/mol. The summed E-state index contributed by atoms with van der Waals surface area (Å²) in [6.07, 6.45) is 1.24. The standard InChI is InChI=1S/C15H13Cl2N3O3/c16-11-5-4-10(9-12(11)17)14(21)18-6-7-19-15(22)13-3-1-2-8-20(13)23/h1-5,8-9H,6-7H2,(H,18,21)(H,19,22). The van der Waals surface area contributed by atoms with Crippen LogP contribution < -0.4 is 15.4 Å². The van der Waals surface area contributed by atoms with Crippen LogP contribution in [0.1, 0.15) is 20.8 Å². The Hall–Kier alpha value is -2.31. The van der Waals surface area contributed by atoms with Crippen LogP contribution in [0.3, 0.4) is 0 Å². The summed E-state index contributed by atoms with van der Waals surface area (Å²) in [6.45, 7) is 0.386. The van der Waals surface area contributed by atoms with Crippen LogP contribution in [-0.4, -0.2) is 24.9 Å². The van der Waals surface area contributed by atoms with Crippen LogP contribution in [0.25, 0.3) is 0 Å². The Morgan fingerprint density at radius 3 is 2.35 bits per heavy atom. The number of nitrogens with one attached hydrogen (secondary N) is 2. The molecule has 2 rings (SSSR count). The normalized spacial score (nSPS) is 10.2. The molecule has 1 aromatic heterocycles. The summed E-state index contributed by atoms with van der Waals surface area (Å²) in [5.41, 5.74) is 0.356. The SMILES string of the molecule is O=C(NCCNC(=O)c1cccc[n+]1[O-])c1ccc(Cl)c(Cl)c1. The third kappa shape index (κ3) is 4.58. The Bertz CT molecular complexity index is 738. The fraction of sp³-hybridized carbons (Fsp3) is 0.133. The van der Waals surface area contributed by atoms with Crippen molar-refractivity contribution in [1.29, 1.82) is 0 Å². The van der Waals surface area contributed by atoms with Crippen LogP contribution in [0.5, 0.6) is 0 Å². The van der Waals surface area contributed by atoms with Crippen LogP contribution in [0.2, 0.25) is 10.0 Å². The largest absolute Gasteiger partial charge is 0.618 e. The molecule has 2 N–H and O–H groups in total. The van der Waals surface area contributed by atoms with Crippen molar-refractivity contribution in [1.82, 2.24) is 10.6 Å². The first kappa shape index (κ1) is 17.1. The lowest BCUT2D eigenvalue weighted by Crippen LogP contribution is -2.41. The Balaban J connectivity index is 1.81.